The maximum absolute atomic E-state index is 11.9. The topological polar surface area (TPSA) is 74.8 Å². The molecule has 26 heavy (non-hydrogen) atoms. The van der Waals surface area contributed by atoms with Gasteiger partial charge in [-0.2, -0.15) is 0 Å². The van der Waals surface area contributed by atoms with Gasteiger partial charge in [0, 0.05) is 22.1 Å². The van der Waals surface area contributed by atoms with Gasteiger partial charge in [-0.3, -0.25) is 9.59 Å². The van der Waals surface area contributed by atoms with Gasteiger partial charge in [0.2, 0.25) is 6.41 Å². The molecule has 0 aliphatic heterocycles. The number of hydrogen-bond acceptors (Lipinski definition) is 3. The van der Waals surface area contributed by atoms with Crippen LogP contribution in [-0.2, 0) is 4.79 Å². The molecule has 1 saturated carbocycles. The first-order chi connectivity index (χ1) is 12.7. The minimum Gasteiger partial charge on any atom is -0.328 e. The third-order valence-corrected chi connectivity index (χ3v) is 4.13. The number of nitrogens with one attached hydrogen (secondary N) is 2. The average molecular weight is 368 g/mol. The lowest BCUT2D eigenvalue weighted by Crippen LogP contribution is -2.00. The number of hydrogen-bond donors (Lipinski definition) is 2. The Morgan fingerprint density at radius 1 is 1.12 bits per heavy atom. The van der Waals surface area contributed by atoms with Gasteiger partial charge in [0.15, 0.2) is 5.78 Å². The van der Waals surface area contributed by atoms with Crippen LogP contribution in [0.3, 0.4) is 0 Å². The number of ketones is 1. The van der Waals surface area contributed by atoms with Gasteiger partial charge in [-0.1, -0.05) is 54.1 Å². The van der Waals surface area contributed by atoms with Crippen LogP contribution in [0.2, 0.25) is 5.02 Å². The van der Waals surface area contributed by atoms with Crippen LogP contribution in [0.25, 0.3) is 0 Å². The quantitative estimate of drug-likeness (QED) is 0.517. The third-order valence-electron chi connectivity index (χ3n) is 3.90. The molecule has 1 amide bonds. The first kappa shape index (κ1) is 17.9. The molecule has 0 radical (unpaired) electrons. The van der Waals surface area contributed by atoms with Crippen LogP contribution in [0.5, 0.6) is 0 Å². The molecule has 2 aromatic carbocycles. The summed E-state index contributed by atoms with van der Waals surface area (Å²) in [6, 6.07) is 16.1. The maximum atomic E-state index is 11.9. The Bertz CT molecular complexity index is 889. The van der Waals surface area contributed by atoms with Gasteiger partial charge in [0.05, 0.1) is 6.20 Å². The molecule has 1 fully saturated rings. The molecule has 0 atom stereocenters. The third kappa shape index (κ3) is 4.80. The van der Waals surface area contributed by atoms with Crippen LogP contribution in [0, 0.1) is 0 Å². The van der Waals surface area contributed by atoms with E-state index >= 15 is 0 Å². The van der Waals surface area contributed by atoms with Crippen LogP contribution < -0.4 is 5.32 Å². The molecule has 1 heterocycles. The van der Waals surface area contributed by atoms with E-state index in [-0.39, 0.29) is 5.78 Å². The molecule has 1 aliphatic carbocycles. The number of anilines is 1. The standard InChI is InChI=1S/C13H9ClO.C7H9N3O/c14-12-8-4-7-11(9-12)13(15)10-5-2-1-3-6-10;11-4-9-6-3-8-7(10-6)5-1-2-5/h1-9H;3-5H,1-2H2,(H,8,10)(H,9,11). The lowest BCUT2D eigenvalue weighted by Gasteiger charge is -2.00. The smallest absolute Gasteiger partial charge is 0.212 e. The van der Waals surface area contributed by atoms with E-state index in [4.69, 9.17) is 11.6 Å². The van der Waals surface area contributed by atoms with E-state index in [1.165, 1.54) is 12.8 Å². The number of aromatic nitrogens is 2. The fourth-order valence-electron chi connectivity index (χ4n) is 2.42. The second kappa shape index (κ2) is 8.45. The number of amides is 1. The molecule has 0 saturated heterocycles. The highest BCUT2D eigenvalue weighted by molar-refractivity contribution is 6.31. The Morgan fingerprint density at radius 2 is 1.85 bits per heavy atom. The summed E-state index contributed by atoms with van der Waals surface area (Å²) < 4.78 is 0. The zero-order valence-electron chi connectivity index (χ0n) is 14.0. The van der Waals surface area contributed by atoms with Crippen molar-refractivity contribution in [1.82, 2.24) is 9.97 Å². The van der Waals surface area contributed by atoms with E-state index < -0.39 is 0 Å². The SMILES string of the molecule is O=C(c1ccccc1)c1cccc(Cl)c1.O=CNc1cnc(C2CC2)[nH]1. The average Bonchev–Trinajstić information content (AvgIpc) is 3.42. The predicted molar refractivity (Wildman–Crippen MR) is 102 cm³/mol. The van der Waals surface area contributed by atoms with Crippen molar-refractivity contribution >= 4 is 29.6 Å². The largest absolute Gasteiger partial charge is 0.328 e. The molecule has 5 nitrogen and oxygen atoms in total. The monoisotopic (exact) mass is 367 g/mol. The van der Waals surface area contributed by atoms with Crippen molar-refractivity contribution in [3.8, 4) is 0 Å². The number of carbonyl (C=O) groups is 2. The Balaban J connectivity index is 0.000000158. The number of nitrogens with zero attached hydrogens (tertiary/aromatic N) is 1. The van der Waals surface area contributed by atoms with E-state index in [1.54, 1.807) is 42.6 Å². The molecule has 1 aromatic heterocycles. The minimum absolute atomic E-state index is 0.00176. The van der Waals surface area contributed by atoms with Gasteiger partial charge in [0.25, 0.3) is 0 Å². The van der Waals surface area contributed by atoms with E-state index in [0.717, 1.165) is 5.82 Å². The molecule has 0 unspecified atom stereocenters. The van der Waals surface area contributed by atoms with E-state index in [1.807, 2.05) is 18.2 Å². The summed E-state index contributed by atoms with van der Waals surface area (Å²) >= 11 is 5.82. The zero-order chi connectivity index (χ0) is 18.4. The number of H-pyrrole nitrogens is 1. The van der Waals surface area contributed by atoms with Crippen molar-refractivity contribution in [3.63, 3.8) is 0 Å². The molecule has 0 bridgehead atoms. The molecule has 0 spiro atoms. The summed E-state index contributed by atoms with van der Waals surface area (Å²) in [5, 5.41) is 3.09. The van der Waals surface area contributed by atoms with Gasteiger partial charge < -0.3 is 10.3 Å². The van der Waals surface area contributed by atoms with Crippen LogP contribution >= 0.6 is 11.6 Å². The Labute approximate surface area is 156 Å². The summed E-state index contributed by atoms with van der Waals surface area (Å²) in [6.07, 6.45) is 4.72. The second-order valence-corrected chi connectivity index (χ2v) is 6.36. The molecule has 132 valence electrons. The number of benzene rings is 2. The zero-order valence-corrected chi connectivity index (χ0v) is 14.7. The molecule has 3 aromatic rings. The summed E-state index contributed by atoms with van der Waals surface area (Å²) in [5.74, 6) is 2.28. The Morgan fingerprint density at radius 3 is 2.50 bits per heavy atom. The number of imidazole rings is 1. The number of carbonyl (C=O) groups excluding carboxylic acids is 2. The molecule has 1 aliphatic rings. The van der Waals surface area contributed by atoms with Crippen LogP contribution in [-0.4, -0.2) is 22.2 Å². The van der Waals surface area contributed by atoms with Gasteiger partial charge in [-0.15, -0.1) is 0 Å². The molecule has 4 rings (SSSR count). The van der Waals surface area contributed by atoms with Crippen LogP contribution in [0.1, 0.15) is 40.5 Å². The van der Waals surface area contributed by atoms with Crippen molar-refractivity contribution in [3.05, 3.63) is 82.8 Å². The van der Waals surface area contributed by atoms with Crippen molar-refractivity contribution in [1.29, 1.82) is 0 Å². The number of rotatable bonds is 5. The summed E-state index contributed by atoms with van der Waals surface area (Å²) in [5.41, 5.74) is 1.30. The van der Waals surface area contributed by atoms with Gasteiger partial charge in [0.1, 0.15) is 11.6 Å². The Kier molecular flexibility index (Phi) is 5.81. The highest BCUT2D eigenvalue weighted by Crippen LogP contribution is 2.38. The molecule has 6 heteroatoms. The van der Waals surface area contributed by atoms with E-state index in [0.29, 0.717) is 34.3 Å². The Hall–Kier alpha value is -2.92. The van der Waals surface area contributed by atoms with Gasteiger partial charge in [-0.25, -0.2) is 4.98 Å². The lowest BCUT2D eigenvalue weighted by molar-refractivity contribution is -0.105. The van der Waals surface area contributed by atoms with Crippen molar-refractivity contribution in [2.45, 2.75) is 18.8 Å². The molecular weight excluding hydrogens is 350 g/mol. The highest BCUT2D eigenvalue weighted by Gasteiger charge is 2.26. The highest BCUT2D eigenvalue weighted by atomic mass is 35.5. The van der Waals surface area contributed by atoms with Crippen molar-refractivity contribution < 1.29 is 9.59 Å². The number of halogens is 1. The van der Waals surface area contributed by atoms with E-state index in [9.17, 15) is 9.59 Å². The predicted octanol–water partition coefficient (Wildman–Crippen LogP) is 4.43. The second-order valence-electron chi connectivity index (χ2n) is 5.92. The van der Waals surface area contributed by atoms with E-state index in [2.05, 4.69) is 15.3 Å². The lowest BCUT2D eigenvalue weighted by atomic mass is 10.0. The summed E-state index contributed by atoms with van der Waals surface area (Å²) in [4.78, 5) is 29.1. The van der Waals surface area contributed by atoms with Crippen molar-refractivity contribution in [2.75, 3.05) is 5.32 Å². The van der Waals surface area contributed by atoms with Crippen molar-refractivity contribution in [2.24, 2.45) is 0 Å². The van der Waals surface area contributed by atoms with Gasteiger partial charge >= 0.3 is 0 Å². The van der Waals surface area contributed by atoms with Crippen LogP contribution in [0.4, 0.5) is 5.82 Å². The summed E-state index contributed by atoms with van der Waals surface area (Å²) in [6.45, 7) is 0. The fraction of sp³-hybridized carbons (Fsp3) is 0.150. The molecule has 2 N–H and O–H groups in total. The van der Waals surface area contributed by atoms with Gasteiger partial charge in [-0.05, 0) is 25.0 Å². The minimum atomic E-state index is -0.00176. The maximum Gasteiger partial charge on any atom is 0.212 e. The summed E-state index contributed by atoms with van der Waals surface area (Å²) in [7, 11) is 0. The van der Waals surface area contributed by atoms with Crippen LogP contribution in [0.15, 0.2) is 60.8 Å². The first-order valence-electron chi connectivity index (χ1n) is 8.28. The first-order valence-corrected chi connectivity index (χ1v) is 8.65. The number of aromatic amines is 1. The molecular formula is C20H18ClN3O2. The normalized spacial score (nSPS) is 12.7. The fourth-order valence-corrected chi connectivity index (χ4v) is 2.61.